The third kappa shape index (κ3) is 3.88. The van der Waals surface area contributed by atoms with Gasteiger partial charge in [0.2, 0.25) is 0 Å². The number of nitrogens with two attached hydrogens (primary N) is 1. The second kappa shape index (κ2) is 7.18. The molecular weight excluding hydrogens is 270 g/mol. The molecule has 110 valence electrons. The fourth-order valence-corrected chi connectivity index (χ4v) is 1.95. The molecule has 1 amide bonds. The average Bonchev–Trinajstić information content (AvgIpc) is 2.53. The number of hydrogen-bond donors (Lipinski definition) is 3. The molecule has 7 heteroatoms. The lowest BCUT2D eigenvalue weighted by Gasteiger charge is -2.07. The van der Waals surface area contributed by atoms with Gasteiger partial charge in [-0.1, -0.05) is 11.2 Å². The molecule has 0 saturated carbocycles. The van der Waals surface area contributed by atoms with Gasteiger partial charge in [0.1, 0.15) is 11.4 Å². The van der Waals surface area contributed by atoms with Gasteiger partial charge in [-0.3, -0.25) is 14.8 Å². The number of amidine groups is 1. The molecule has 0 saturated heterocycles. The van der Waals surface area contributed by atoms with Gasteiger partial charge in [-0.2, -0.15) is 0 Å². The minimum Gasteiger partial charge on any atom is -0.409 e. The summed E-state index contributed by atoms with van der Waals surface area (Å²) in [6.45, 7) is 0.522. The molecule has 1 aromatic heterocycles. The van der Waals surface area contributed by atoms with E-state index in [4.69, 9.17) is 10.9 Å². The number of hydrogen-bond acceptors (Lipinski definition) is 5. The van der Waals surface area contributed by atoms with Gasteiger partial charge in [-0.05, 0) is 25.0 Å². The summed E-state index contributed by atoms with van der Waals surface area (Å²) in [6.07, 6.45) is 5.16. The molecule has 2 aromatic rings. The molecule has 0 aliphatic carbocycles. The van der Waals surface area contributed by atoms with E-state index < -0.39 is 0 Å². The van der Waals surface area contributed by atoms with E-state index in [1.54, 1.807) is 24.5 Å². The van der Waals surface area contributed by atoms with Crippen LogP contribution in [0.25, 0.3) is 11.0 Å². The Hall–Kier alpha value is -2.70. The molecule has 7 nitrogen and oxygen atoms in total. The van der Waals surface area contributed by atoms with Crippen molar-refractivity contribution in [2.75, 3.05) is 6.54 Å². The Morgan fingerprint density at radius 1 is 1.29 bits per heavy atom. The maximum atomic E-state index is 12.1. The number of fused-ring (bicyclic) bond motifs is 1. The van der Waals surface area contributed by atoms with Crippen LogP contribution in [0.3, 0.4) is 0 Å². The second-order valence-corrected chi connectivity index (χ2v) is 4.53. The minimum absolute atomic E-state index is 0.176. The fourth-order valence-electron chi connectivity index (χ4n) is 1.95. The van der Waals surface area contributed by atoms with Crippen LogP contribution >= 0.6 is 0 Å². The molecule has 1 aromatic carbocycles. The summed E-state index contributed by atoms with van der Waals surface area (Å²) in [5, 5.41) is 14.1. The number of rotatable bonds is 6. The van der Waals surface area contributed by atoms with Crippen molar-refractivity contribution in [1.82, 2.24) is 15.3 Å². The molecule has 0 bridgehead atoms. The molecule has 0 fully saturated rings. The van der Waals surface area contributed by atoms with Crippen molar-refractivity contribution in [3.05, 3.63) is 36.2 Å². The molecule has 0 unspecified atom stereocenters. The van der Waals surface area contributed by atoms with Crippen LogP contribution in [0.5, 0.6) is 0 Å². The summed E-state index contributed by atoms with van der Waals surface area (Å²) in [4.78, 5) is 20.5. The third-order valence-electron chi connectivity index (χ3n) is 3.02. The van der Waals surface area contributed by atoms with Crippen LogP contribution in [0.2, 0.25) is 0 Å². The zero-order valence-electron chi connectivity index (χ0n) is 11.5. The van der Waals surface area contributed by atoms with E-state index in [9.17, 15) is 4.79 Å². The van der Waals surface area contributed by atoms with Crippen molar-refractivity contribution in [2.45, 2.75) is 19.3 Å². The predicted octanol–water partition coefficient (Wildman–Crippen LogP) is 1.28. The van der Waals surface area contributed by atoms with Crippen LogP contribution in [0.4, 0.5) is 0 Å². The number of nitrogens with one attached hydrogen (secondary N) is 1. The Kier molecular flexibility index (Phi) is 5.03. The Labute approximate surface area is 121 Å². The molecule has 21 heavy (non-hydrogen) atoms. The molecule has 4 N–H and O–H groups in total. The zero-order valence-corrected chi connectivity index (χ0v) is 11.5. The summed E-state index contributed by atoms with van der Waals surface area (Å²) in [5.74, 6) is 0.0237. The number of oxime groups is 1. The third-order valence-corrected chi connectivity index (χ3v) is 3.02. The number of para-hydroxylation sites is 1. The predicted molar refractivity (Wildman–Crippen MR) is 79.1 cm³/mol. The lowest BCUT2D eigenvalue weighted by Crippen LogP contribution is -2.25. The van der Waals surface area contributed by atoms with Gasteiger partial charge >= 0.3 is 0 Å². The molecule has 0 atom stereocenters. The molecular formula is C14H17N5O2. The Bertz CT molecular complexity index is 651. The molecule has 1 heterocycles. The highest BCUT2D eigenvalue weighted by Gasteiger charge is 2.10. The first-order valence-electron chi connectivity index (χ1n) is 6.66. The standard InChI is InChI=1S/C14H17N5O2/c15-12(19-21)6-1-2-7-18-14(20)10-4-3-5-11-13(10)17-9-8-16-11/h3-5,8-9,21H,1-2,6-7H2,(H2,15,19)(H,18,20). The number of carbonyl (C=O) groups excluding carboxylic acids is 1. The van der Waals surface area contributed by atoms with E-state index in [0.29, 0.717) is 29.6 Å². The molecule has 0 radical (unpaired) electrons. The normalized spacial score (nSPS) is 11.5. The van der Waals surface area contributed by atoms with E-state index in [-0.39, 0.29) is 11.7 Å². The highest BCUT2D eigenvalue weighted by Crippen LogP contribution is 2.13. The molecule has 2 rings (SSSR count). The van der Waals surface area contributed by atoms with Crippen LogP contribution in [0, 0.1) is 0 Å². The van der Waals surface area contributed by atoms with Crippen LogP contribution < -0.4 is 11.1 Å². The van der Waals surface area contributed by atoms with Gasteiger partial charge in [-0.25, -0.2) is 0 Å². The van der Waals surface area contributed by atoms with Gasteiger partial charge in [0.25, 0.3) is 5.91 Å². The summed E-state index contributed by atoms with van der Waals surface area (Å²) < 4.78 is 0. The number of unbranched alkanes of at least 4 members (excludes halogenated alkanes) is 1. The topological polar surface area (TPSA) is 113 Å². The SMILES string of the molecule is N/C(CCCCNC(=O)c1cccc2nccnc12)=N/O. The average molecular weight is 287 g/mol. The van der Waals surface area contributed by atoms with E-state index in [1.165, 1.54) is 0 Å². The van der Waals surface area contributed by atoms with Gasteiger partial charge in [0, 0.05) is 25.4 Å². The van der Waals surface area contributed by atoms with E-state index in [0.717, 1.165) is 12.8 Å². The summed E-state index contributed by atoms with van der Waals surface area (Å²) >= 11 is 0. The quantitative estimate of drug-likeness (QED) is 0.243. The van der Waals surface area contributed by atoms with Gasteiger partial charge < -0.3 is 16.3 Å². The Morgan fingerprint density at radius 2 is 2.10 bits per heavy atom. The smallest absolute Gasteiger partial charge is 0.253 e. The highest BCUT2D eigenvalue weighted by atomic mass is 16.4. The van der Waals surface area contributed by atoms with Crippen molar-refractivity contribution >= 4 is 22.8 Å². The highest BCUT2D eigenvalue weighted by molar-refractivity contribution is 6.04. The maximum Gasteiger partial charge on any atom is 0.253 e. The van der Waals surface area contributed by atoms with Crippen molar-refractivity contribution in [3.8, 4) is 0 Å². The summed E-state index contributed by atoms with van der Waals surface area (Å²) in [5.41, 5.74) is 7.16. The van der Waals surface area contributed by atoms with Crippen molar-refractivity contribution in [2.24, 2.45) is 10.9 Å². The number of nitrogens with zero attached hydrogens (tertiary/aromatic N) is 3. The van der Waals surface area contributed by atoms with Crippen LogP contribution in [-0.4, -0.2) is 33.5 Å². The Balaban J connectivity index is 1.91. The lowest BCUT2D eigenvalue weighted by atomic mass is 10.1. The minimum atomic E-state index is -0.176. The number of aromatic nitrogens is 2. The molecule has 0 aliphatic rings. The maximum absolute atomic E-state index is 12.1. The van der Waals surface area contributed by atoms with Crippen LogP contribution in [-0.2, 0) is 0 Å². The fraction of sp³-hybridized carbons (Fsp3) is 0.286. The number of carbonyl (C=O) groups is 1. The molecule has 0 aliphatic heterocycles. The number of benzene rings is 1. The Morgan fingerprint density at radius 3 is 2.90 bits per heavy atom. The van der Waals surface area contributed by atoms with Crippen molar-refractivity contribution < 1.29 is 10.0 Å². The van der Waals surface area contributed by atoms with Crippen LogP contribution in [0.1, 0.15) is 29.6 Å². The van der Waals surface area contributed by atoms with Crippen molar-refractivity contribution in [1.29, 1.82) is 0 Å². The van der Waals surface area contributed by atoms with Gasteiger partial charge in [-0.15, -0.1) is 0 Å². The number of amides is 1. The first-order valence-corrected chi connectivity index (χ1v) is 6.66. The second-order valence-electron chi connectivity index (χ2n) is 4.53. The largest absolute Gasteiger partial charge is 0.409 e. The van der Waals surface area contributed by atoms with E-state index >= 15 is 0 Å². The monoisotopic (exact) mass is 287 g/mol. The van der Waals surface area contributed by atoms with Crippen molar-refractivity contribution in [3.63, 3.8) is 0 Å². The van der Waals surface area contributed by atoms with E-state index in [2.05, 4.69) is 20.4 Å². The summed E-state index contributed by atoms with van der Waals surface area (Å²) in [6, 6.07) is 5.32. The summed E-state index contributed by atoms with van der Waals surface area (Å²) in [7, 11) is 0. The van der Waals surface area contributed by atoms with E-state index in [1.807, 2.05) is 6.07 Å². The molecule has 0 spiro atoms. The van der Waals surface area contributed by atoms with Crippen LogP contribution in [0.15, 0.2) is 35.7 Å². The van der Waals surface area contributed by atoms with Gasteiger partial charge in [0.15, 0.2) is 0 Å². The zero-order chi connectivity index (χ0) is 15.1. The lowest BCUT2D eigenvalue weighted by molar-refractivity contribution is 0.0954. The first-order chi connectivity index (χ1) is 10.2. The first kappa shape index (κ1) is 14.7. The van der Waals surface area contributed by atoms with Gasteiger partial charge in [0.05, 0.1) is 11.1 Å².